The highest BCUT2D eigenvalue weighted by atomic mass is 79.9. The zero-order chi connectivity index (χ0) is 14.2. The molecule has 1 saturated heterocycles. The minimum atomic E-state index is -0.431. The first kappa shape index (κ1) is 14.2. The molecule has 0 radical (unpaired) electrons. The third kappa shape index (κ3) is 2.71. The molecule has 0 saturated carbocycles. The monoisotopic (exact) mass is 329 g/mol. The zero-order valence-corrected chi connectivity index (χ0v) is 12.4. The van der Waals surface area contributed by atoms with Crippen molar-refractivity contribution in [1.82, 2.24) is 4.98 Å². The number of nitrogens with zero attached hydrogens (tertiary/aromatic N) is 3. The molecule has 1 aromatic rings. The third-order valence-electron chi connectivity index (χ3n) is 3.62. The molecule has 1 aromatic heterocycles. The predicted molar refractivity (Wildman–Crippen MR) is 75.3 cm³/mol. The van der Waals surface area contributed by atoms with Gasteiger partial charge in [-0.05, 0) is 36.2 Å². The van der Waals surface area contributed by atoms with E-state index >= 15 is 0 Å². The van der Waals surface area contributed by atoms with Gasteiger partial charge in [0.15, 0.2) is 0 Å². The maximum atomic E-state index is 10.8. The van der Waals surface area contributed by atoms with Crippen molar-refractivity contribution in [3.8, 4) is 0 Å². The standard InChI is InChI=1S/C12H16BrN3O3/c1-7-10(16(18)19)5-14-12(11(7)13)15-4-3-9(6-15)8(2)17/h5,8-9,17H,3-4,6H2,1-2H3. The average Bonchev–Trinajstić information content (AvgIpc) is 2.81. The van der Waals surface area contributed by atoms with E-state index in [-0.39, 0.29) is 17.7 Å². The first-order valence-electron chi connectivity index (χ1n) is 6.14. The lowest BCUT2D eigenvalue weighted by atomic mass is 10.0. The summed E-state index contributed by atoms with van der Waals surface area (Å²) < 4.78 is 0.660. The number of rotatable bonds is 3. The van der Waals surface area contributed by atoms with E-state index in [1.165, 1.54) is 6.20 Å². The van der Waals surface area contributed by atoms with Crippen molar-refractivity contribution in [2.45, 2.75) is 26.4 Å². The van der Waals surface area contributed by atoms with Crippen molar-refractivity contribution in [3.63, 3.8) is 0 Å². The van der Waals surface area contributed by atoms with Gasteiger partial charge in [-0.25, -0.2) is 4.98 Å². The van der Waals surface area contributed by atoms with Gasteiger partial charge in [0.25, 0.3) is 5.69 Å². The Morgan fingerprint density at radius 1 is 1.68 bits per heavy atom. The van der Waals surface area contributed by atoms with Crippen LogP contribution in [0, 0.1) is 23.0 Å². The number of nitro groups is 1. The predicted octanol–water partition coefficient (Wildman–Crippen LogP) is 2.27. The molecule has 1 N–H and O–H groups in total. The maximum Gasteiger partial charge on any atom is 0.291 e. The fraction of sp³-hybridized carbons (Fsp3) is 0.583. The summed E-state index contributed by atoms with van der Waals surface area (Å²) in [7, 11) is 0. The Morgan fingerprint density at radius 2 is 2.37 bits per heavy atom. The first-order valence-corrected chi connectivity index (χ1v) is 6.93. The molecule has 0 aliphatic carbocycles. The van der Waals surface area contributed by atoms with Gasteiger partial charge in [0.2, 0.25) is 0 Å². The highest BCUT2D eigenvalue weighted by molar-refractivity contribution is 9.10. The summed E-state index contributed by atoms with van der Waals surface area (Å²) in [6.07, 6.45) is 1.86. The summed E-state index contributed by atoms with van der Waals surface area (Å²) in [5.41, 5.74) is 0.595. The molecule has 0 bridgehead atoms. The largest absolute Gasteiger partial charge is 0.393 e. The van der Waals surface area contributed by atoms with E-state index < -0.39 is 4.92 Å². The van der Waals surface area contributed by atoms with Crippen molar-refractivity contribution in [2.24, 2.45) is 5.92 Å². The molecule has 2 unspecified atom stereocenters. The molecule has 0 amide bonds. The summed E-state index contributed by atoms with van der Waals surface area (Å²) in [4.78, 5) is 16.7. The van der Waals surface area contributed by atoms with Crippen LogP contribution in [0.15, 0.2) is 10.7 Å². The first-order chi connectivity index (χ1) is 8.91. The van der Waals surface area contributed by atoms with Gasteiger partial charge >= 0.3 is 0 Å². The Kier molecular flexibility index (Phi) is 4.05. The molecular formula is C12H16BrN3O3. The lowest BCUT2D eigenvalue weighted by Gasteiger charge is -2.20. The Balaban J connectivity index is 2.28. The van der Waals surface area contributed by atoms with Crippen LogP contribution in [0.25, 0.3) is 0 Å². The van der Waals surface area contributed by atoms with Crippen LogP contribution in [0.1, 0.15) is 18.9 Å². The Labute approximate surface area is 119 Å². The fourth-order valence-electron chi connectivity index (χ4n) is 2.33. The molecule has 2 heterocycles. The van der Waals surface area contributed by atoms with Crippen LogP contribution in [0.4, 0.5) is 11.5 Å². The van der Waals surface area contributed by atoms with Crippen LogP contribution in [0.2, 0.25) is 0 Å². The maximum absolute atomic E-state index is 10.8. The van der Waals surface area contributed by atoms with Gasteiger partial charge in [-0.3, -0.25) is 10.1 Å². The van der Waals surface area contributed by atoms with Gasteiger partial charge in [-0.15, -0.1) is 0 Å². The van der Waals surface area contributed by atoms with Crippen LogP contribution >= 0.6 is 15.9 Å². The van der Waals surface area contributed by atoms with Gasteiger partial charge in [0.1, 0.15) is 12.0 Å². The van der Waals surface area contributed by atoms with Gasteiger partial charge in [0, 0.05) is 24.6 Å². The highest BCUT2D eigenvalue weighted by Crippen LogP contribution is 2.35. The van der Waals surface area contributed by atoms with E-state index in [9.17, 15) is 15.2 Å². The summed E-state index contributed by atoms with van der Waals surface area (Å²) in [6.45, 7) is 5.02. The molecule has 1 aliphatic rings. The number of aromatic nitrogens is 1. The molecule has 2 atom stereocenters. The minimum Gasteiger partial charge on any atom is -0.393 e. The second-order valence-electron chi connectivity index (χ2n) is 4.90. The second kappa shape index (κ2) is 5.42. The number of aliphatic hydroxyl groups excluding tert-OH is 1. The van der Waals surface area contributed by atoms with Gasteiger partial charge in [0.05, 0.1) is 15.5 Å². The fourth-order valence-corrected chi connectivity index (χ4v) is 2.89. The Morgan fingerprint density at radius 3 is 2.89 bits per heavy atom. The highest BCUT2D eigenvalue weighted by Gasteiger charge is 2.29. The van der Waals surface area contributed by atoms with E-state index in [0.29, 0.717) is 15.9 Å². The number of hydrogen-bond acceptors (Lipinski definition) is 5. The van der Waals surface area contributed by atoms with Crippen molar-refractivity contribution in [3.05, 3.63) is 26.3 Å². The molecule has 0 spiro atoms. The molecular weight excluding hydrogens is 314 g/mol. The van der Waals surface area contributed by atoms with Crippen LogP contribution in [-0.4, -0.2) is 34.2 Å². The summed E-state index contributed by atoms with van der Waals surface area (Å²) in [6, 6.07) is 0. The summed E-state index contributed by atoms with van der Waals surface area (Å²) in [5, 5.41) is 20.5. The number of pyridine rings is 1. The molecule has 19 heavy (non-hydrogen) atoms. The number of aliphatic hydroxyl groups is 1. The summed E-state index contributed by atoms with van der Waals surface area (Å²) in [5.74, 6) is 0.940. The van der Waals surface area contributed by atoms with Crippen molar-refractivity contribution >= 4 is 27.4 Å². The van der Waals surface area contributed by atoms with Gasteiger partial charge in [-0.1, -0.05) is 0 Å². The normalized spacial score (nSPS) is 20.6. The van der Waals surface area contributed by atoms with Gasteiger partial charge in [-0.2, -0.15) is 0 Å². The SMILES string of the molecule is Cc1c([N+](=O)[O-])cnc(N2CCC(C(C)O)C2)c1Br. The van der Waals surface area contributed by atoms with Crippen LogP contribution in [0.5, 0.6) is 0 Å². The van der Waals surface area contributed by atoms with Crippen LogP contribution in [-0.2, 0) is 0 Å². The average molecular weight is 330 g/mol. The van der Waals surface area contributed by atoms with E-state index in [2.05, 4.69) is 25.8 Å². The Bertz CT molecular complexity index is 507. The van der Waals surface area contributed by atoms with E-state index in [0.717, 1.165) is 19.5 Å². The molecule has 1 aliphatic heterocycles. The topological polar surface area (TPSA) is 79.5 Å². The number of halogens is 1. The number of anilines is 1. The smallest absolute Gasteiger partial charge is 0.291 e. The van der Waals surface area contributed by atoms with Crippen LogP contribution < -0.4 is 4.90 Å². The number of hydrogen-bond donors (Lipinski definition) is 1. The Hall–Kier alpha value is -1.21. The molecule has 2 rings (SSSR count). The summed E-state index contributed by atoms with van der Waals surface area (Å²) >= 11 is 3.40. The molecule has 7 heteroatoms. The molecule has 1 fully saturated rings. The lowest BCUT2D eigenvalue weighted by molar-refractivity contribution is -0.385. The van der Waals surface area contributed by atoms with E-state index in [1.807, 2.05) is 0 Å². The molecule has 104 valence electrons. The second-order valence-corrected chi connectivity index (χ2v) is 5.69. The zero-order valence-electron chi connectivity index (χ0n) is 10.8. The van der Waals surface area contributed by atoms with Crippen molar-refractivity contribution < 1.29 is 10.0 Å². The molecule has 0 aromatic carbocycles. The van der Waals surface area contributed by atoms with E-state index in [4.69, 9.17) is 0 Å². The lowest BCUT2D eigenvalue weighted by Crippen LogP contribution is -2.25. The van der Waals surface area contributed by atoms with Gasteiger partial charge < -0.3 is 10.0 Å². The third-order valence-corrected chi connectivity index (χ3v) is 4.57. The van der Waals surface area contributed by atoms with E-state index in [1.54, 1.807) is 13.8 Å². The molecule has 6 nitrogen and oxygen atoms in total. The minimum absolute atomic E-state index is 0.0156. The van der Waals surface area contributed by atoms with Crippen molar-refractivity contribution in [1.29, 1.82) is 0 Å². The van der Waals surface area contributed by atoms with Crippen LogP contribution in [0.3, 0.4) is 0 Å². The quantitative estimate of drug-likeness (QED) is 0.679. The van der Waals surface area contributed by atoms with Crippen molar-refractivity contribution in [2.75, 3.05) is 18.0 Å².